The number of nitrogens with zero attached hydrogens (tertiary/aromatic N) is 1. The Kier molecular flexibility index (Phi) is 3.17. The molecule has 0 fully saturated rings. The van der Waals surface area contributed by atoms with E-state index in [-0.39, 0.29) is 0 Å². The van der Waals surface area contributed by atoms with E-state index in [2.05, 4.69) is 9.40 Å². The van der Waals surface area contributed by atoms with Crippen LogP contribution in [-0.4, -0.2) is 22.4 Å². The highest BCUT2D eigenvalue weighted by Crippen LogP contribution is 2.47. The molecule has 0 unspecified atom stereocenters. The molecule has 0 amide bonds. The molecule has 0 aliphatic heterocycles. The molecule has 0 bridgehead atoms. The number of rotatable bonds is 2. The Morgan fingerprint density at radius 1 is 1.19 bits per heavy atom. The summed E-state index contributed by atoms with van der Waals surface area (Å²) < 4.78 is 77.3. The number of halogens is 6. The van der Waals surface area contributed by atoms with E-state index in [1.807, 2.05) is 0 Å². The first kappa shape index (κ1) is 12.8. The Balaban J connectivity index is 3.23. The van der Waals surface area contributed by atoms with Gasteiger partial charge in [-0.15, -0.1) is 0 Å². The molecule has 0 spiro atoms. The Hall–Kier alpha value is -1.25. The maximum Gasteiger partial charge on any atom is 0.407 e. The monoisotopic (exact) mass is 249 g/mol. The van der Waals surface area contributed by atoms with Gasteiger partial charge < -0.3 is 9.52 Å². The summed E-state index contributed by atoms with van der Waals surface area (Å²) in [6.07, 6.45) is -10.7. The van der Waals surface area contributed by atoms with Crippen molar-refractivity contribution in [1.82, 2.24) is 4.98 Å². The first-order chi connectivity index (χ1) is 7.18. The van der Waals surface area contributed by atoms with Crippen LogP contribution in [0.2, 0.25) is 0 Å². The van der Waals surface area contributed by atoms with Crippen LogP contribution in [0.5, 0.6) is 0 Å². The number of aliphatic hydroxyl groups excluding tert-OH is 1. The van der Waals surface area contributed by atoms with E-state index in [1.165, 1.54) is 0 Å². The van der Waals surface area contributed by atoms with Crippen LogP contribution in [0, 0.1) is 0 Å². The van der Waals surface area contributed by atoms with Crippen molar-refractivity contribution in [1.29, 1.82) is 0 Å². The van der Waals surface area contributed by atoms with Crippen molar-refractivity contribution in [2.24, 2.45) is 0 Å². The van der Waals surface area contributed by atoms with E-state index in [0.717, 1.165) is 0 Å². The van der Waals surface area contributed by atoms with Crippen molar-refractivity contribution in [2.45, 2.75) is 24.9 Å². The van der Waals surface area contributed by atoms with Crippen LogP contribution in [0.15, 0.2) is 10.8 Å². The molecule has 1 heterocycles. The van der Waals surface area contributed by atoms with Crippen molar-refractivity contribution in [2.75, 3.05) is 0 Å². The molecule has 0 aromatic carbocycles. The fourth-order valence-electron chi connectivity index (χ4n) is 1.11. The number of alkyl halides is 6. The highest BCUT2D eigenvalue weighted by Gasteiger charge is 2.60. The maximum atomic E-state index is 12.2. The lowest BCUT2D eigenvalue weighted by Gasteiger charge is -2.21. The van der Waals surface area contributed by atoms with E-state index >= 15 is 0 Å². The van der Waals surface area contributed by atoms with E-state index in [1.54, 1.807) is 0 Å². The molecule has 0 aliphatic rings. The van der Waals surface area contributed by atoms with Crippen molar-refractivity contribution < 1.29 is 35.9 Å². The number of oxazole rings is 1. The normalized spacial score (nSPS) is 13.5. The number of aliphatic hydroxyl groups is 1. The Labute approximate surface area is 84.7 Å². The van der Waals surface area contributed by atoms with Gasteiger partial charge in [0, 0.05) is 0 Å². The summed E-state index contributed by atoms with van der Waals surface area (Å²) in [5, 5.41) is 8.53. The third-order valence-corrected chi connectivity index (χ3v) is 1.74. The van der Waals surface area contributed by atoms with Crippen molar-refractivity contribution >= 4 is 0 Å². The molecule has 0 saturated heterocycles. The number of hydrogen-bond donors (Lipinski definition) is 1. The minimum Gasteiger partial charge on any atom is -0.447 e. The molecule has 1 rings (SSSR count). The minimum atomic E-state index is -5.55. The van der Waals surface area contributed by atoms with Gasteiger partial charge in [-0.3, -0.25) is 0 Å². The quantitative estimate of drug-likeness (QED) is 0.818. The highest BCUT2D eigenvalue weighted by atomic mass is 19.4. The lowest BCUT2D eigenvalue weighted by molar-refractivity contribution is -0.257. The van der Waals surface area contributed by atoms with Gasteiger partial charge in [0.1, 0.15) is 5.69 Å². The molecule has 1 aromatic rings. The third-order valence-electron chi connectivity index (χ3n) is 1.74. The predicted molar refractivity (Wildman–Crippen MR) is 37.3 cm³/mol. The van der Waals surface area contributed by atoms with Crippen LogP contribution in [0.25, 0.3) is 0 Å². The molecular formula is C7H5F6NO2. The molecule has 0 radical (unpaired) electrons. The van der Waals surface area contributed by atoms with Crippen LogP contribution in [0.1, 0.15) is 17.4 Å². The smallest absolute Gasteiger partial charge is 0.407 e. The topological polar surface area (TPSA) is 46.3 Å². The fraction of sp³-hybridized carbons (Fsp3) is 0.571. The minimum absolute atomic E-state index is 0.422. The molecule has 0 saturated carbocycles. The second-order valence-corrected chi connectivity index (χ2v) is 2.84. The van der Waals surface area contributed by atoms with E-state index in [9.17, 15) is 26.3 Å². The van der Waals surface area contributed by atoms with Gasteiger partial charge in [-0.05, 0) is 0 Å². The average Bonchev–Trinajstić information content (AvgIpc) is 2.46. The van der Waals surface area contributed by atoms with Gasteiger partial charge in [0.05, 0.1) is 6.61 Å². The summed E-state index contributed by atoms with van der Waals surface area (Å²) in [5.74, 6) is -5.20. The highest BCUT2D eigenvalue weighted by molar-refractivity contribution is 5.16. The molecule has 92 valence electrons. The van der Waals surface area contributed by atoms with Crippen molar-refractivity contribution in [3.05, 3.63) is 17.8 Å². The largest absolute Gasteiger partial charge is 0.447 e. The lowest BCUT2D eigenvalue weighted by Crippen LogP contribution is -2.34. The standard InChI is InChI=1S/C7H5F6NO2/c8-6(9,10)5(7(11,12)13)4-3(1-15)14-2-16-4/h2,5,15H,1H2. The number of hydrogen-bond acceptors (Lipinski definition) is 3. The van der Waals surface area contributed by atoms with Crippen LogP contribution in [-0.2, 0) is 6.61 Å². The molecular weight excluding hydrogens is 244 g/mol. The van der Waals surface area contributed by atoms with Crippen LogP contribution in [0.4, 0.5) is 26.3 Å². The zero-order valence-electron chi connectivity index (χ0n) is 7.43. The first-order valence-corrected chi connectivity index (χ1v) is 3.84. The SMILES string of the molecule is OCc1ncoc1C(C(F)(F)F)C(F)(F)F. The van der Waals surface area contributed by atoms with Gasteiger partial charge in [-0.2, -0.15) is 26.3 Å². The van der Waals surface area contributed by atoms with Gasteiger partial charge in [-0.1, -0.05) is 0 Å². The van der Waals surface area contributed by atoms with E-state index in [4.69, 9.17) is 5.11 Å². The van der Waals surface area contributed by atoms with E-state index in [0.29, 0.717) is 6.39 Å². The fourth-order valence-corrected chi connectivity index (χ4v) is 1.11. The molecule has 0 atom stereocenters. The molecule has 1 N–H and O–H groups in total. The summed E-state index contributed by atoms with van der Waals surface area (Å²) in [6, 6.07) is 0. The Bertz CT molecular complexity index is 340. The summed E-state index contributed by atoms with van der Waals surface area (Å²) >= 11 is 0. The van der Waals surface area contributed by atoms with Gasteiger partial charge in [0.2, 0.25) is 5.92 Å². The summed E-state index contributed by atoms with van der Waals surface area (Å²) in [4.78, 5) is 3.07. The Morgan fingerprint density at radius 3 is 2.06 bits per heavy atom. The molecule has 0 aliphatic carbocycles. The number of aromatic nitrogens is 1. The predicted octanol–water partition coefficient (Wildman–Crippen LogP) is 2.38. The van der Waals surface area contributed by atoms with Gasteiger partial charge in [0.15, 0.2) is 12.2 Å². The second kappa shape index (κ2) is 3.96. The lowest BCUT2D eigenvalue weighted by atomic mass is 10.0. The van der Waals surface area contributed by atoms with Crippen molar-refractivity contribution in [3.8, 4) is 0 Å². The van der Waals surface area contributed by atoms with Crippen molar-refractivity contribution in [3.63, 3.8) is 0 Å². The van der Waals surface area contributed by atoms with Gasteiger partial charge >= 0.3 is 12.4 Å². The van der Waals surface area contributed by atoms with Crippen LogP contribution < -0.4 is 0 Å². The summed E-state index contributed by atoms with van der Waals surface area (Å²) in [6.45, 7) is -1.06. The Morgan fingerprint density at radius 2 is 1.69 bits per heavy atom. The maximum absolute atomic E-state index is 12.2. The third kappa shape index (κ3) is 2.46. The molecule has 1 aromatic heterocycles. The zero-order chi connectivity index (χ0) is 12.6. The van der Waals surface area contributed by atoms with Crippen LogP contribution >= 0.6 is 0 Å². The first-order valence-electron chi connectivity index (χ1n) is 3.84. The van der Waals surface area contributed by atoms with Gasteiger partial charge in [0.25, 0.3) is 0 Å². The molecule has 9 heteroatoms. The summed E-state index contributed by atoms with van der Waals surface area (Å²) in [5.41, 5.74) is -0.778. The second-order valence-electron chi connectivity index (χ2n) is 2.84. The zero-order valence-corrected chi connectivity index (χ0v) is 7.43. The average molecular weight is 249 g/mol. The van der Waals surface area contributed by atoms with E-state index < -0.39 is 36.3 Å². The van der Waals surface area contributed by atoms with Gasteiger partial charge in [-0.25, -0.2) is 4.98 Å². The molecule has 16 heavy (non-hydrogen) atoms. The van der Waals surface area contributed by atoms with Crippen LogP contribution in [0.3, 0.4) is 0 Å². The summed E-state index contributed by atoms with van der Waals surface area (Å²) in [7, 11) is 0. The molecule has 3 nitrogen and oxygen atoms in total.